The summed E-state index contributed by atoms with van der Waals surface area (Å²) in [6.07, 6.45) is 3.10. The average molecular weight is 409 g/mol. The first kappa shape index (κ1) is 21.9. The minimum absolute atomic E-state index is 0.0328. The summed E-state index contributed by atoms with van der Waals surface area (Å²) in [7, 11) is 3.49. The smallest absolute Gasteiger partial charge is 0.222 e. The summed E-state index contributed by atoms with van der Waals surface area (Å²) in [6.45, 7) is 4.09. The molecule has 0 spiro atoms. The van der Waals surface area contributed by atoms with Crippen LogP contribution in [0.3, 0.4) is 0 Å². The van der Waals surface area contributed by atoms with Gasteiger partial charge in [0.1, 0.15) is 5.75 Å². The molecule has 0 aliphatic carbocycles. The molecule has 30 heavy (non-hydrogen) atoms. The van der Waals surface area contributed by atoms with E-state index in [1.807, 2.05) is 38.2 Å². The van der Waals surface area contributed by atoms with Gasteiger partial charge in [-0.05, 0) is 56.4 Å². The van der Waals surface area contributed by atoms with E-state index in [1.54, 1.807) is 12.0 Å². The highest BCUT2D eigenvalue weighted by molar-refractivity contribution is 5.80. The summed E-state index contributed by atoms with van der Waals surface area (Å²) in [5, 5.41) is 3.17. The maximum atomic E-state index is 12.9. The predicted molar refractivity (Wildman–Crippen MR) is 118 cm³/mol. The lowest BCUT2D eigenvalue weighted by Crippen LogP contribution is -2.44. The SMILES string of the molecule is COc1ccc([C@@H](C)N(C)C(=O)CC[C@@]2(Cc3ccc(C)cc3)CCC(=O)N2)cc1. The van der Waals surface area contributed by atoms with Gasteiger partial charge in [-0.15, -0.1) is 0 Å². The van der Waals surface area contributed by atoms with Crippen LogP contribution in [0.25, 0.3) is 0 Å². The summed E-state index contributed by atoms with van der Waals surface area (Å²) in [6, 6.07) is 16.2. The predicted octanol–water partition coefficient (Wildman–Crippen LogP) is 4.19. The molecule has 5 heteroatoms. The fraction of sp³-hybridized carbons (Fsp3) is 0.440. The lowest BCUT2D eigenvalue weighted by atomic mass is 9.84. The molecule has 1 N–H and O–H groups in total. The van der Waals surface area contributed by atoms with Gasteiger partial charge in [0.25, 0.3) is 0 Å². The number of ether oxygens (including phenoxy) is 1. The lowest BCUT2D eigenvalue weighted by Gasteiger charge is -2.31. The van der Waals surface area contributed by atoms with E-state index < -0.39 is 0 Å². The number of amides is 2. The molecule has 1 saturated heterocycles. The Kier molecular flexibility index (Phi) is 6.80. The number of benzene rings is 2. The Morgan fingerprint density at radius 1 is 1.17 bits per heavy atom. The van der Waals surface area contributed by atoms with Crippen molar-refractivity contribution in [3.8, 4) is 5.75 Å². The van der Waals surface area contributed by atoms with Gasteiger partial charge in [-0.2, -0.15) is 0 Å². The van der Waals surface area contributed by atoms with Crippen molar-refractivity contribution in [2.75, 3.05) is 14.2 Å². The molecule has 160 valence electrons. The molecular formula is C25H32N2O3. The Bertz CT molecular complexity index is 876. The van der Waals surface area contributed by atoms with Crippen molar-refractivity contribution in [2.45, 2.75) is 57.5 Å². The second-order valence-electron chi connectivity index (χ2n) is 8.44. The Hall–Kier alpha value is -2.82. The fourth-order valence-corrected chi connectivity index (χ4v) is 4.12. The molecular weight excluding hydrogens is 376 g/mol. The van der Waals surface area contributed by atoms with Crippen LogP contribution in [0.1, 0.15) is 55.3 Å². The second-order valence-corrected chi connectivity index (χ2v) is 8.44. The summed E-state index contributed by atoms with van der Waals surface area (Å²) in [4.78, 5) is 26.7. The average Bonchev–Trinajstić information content (AvgIpc) is 3.13. The number of hydrogen-bond acceptors (Lipinski definition) is 3. The first-order valence-electron chi connectivity index (χ1n) is 10.6. The molecule has 1 aliphatic rings. The first-order valence-corrected chi connectivity index (χ1v) is 10.6. The molecule has 3 rings (SSSR count). The fourth-order valence-electron chi connectivity index (χ4n) is 4.12. The van der Waals surface area contributed by atoms with Crippen LogP contribution in [-0.2, 0) is 16.0 Å². The van der Waals surface area contributed by atoms with Gasteiger partial charge in [0, 0.05) is 25.4 Å². The zero-order valence-corrected chi connectivity index (χ0v) is 18.4. The molecule has 0 aromatic heterocycles. The number of nitrogens with zero attached hydrogens (tertiary/aromatic N) is 1. The van der Waals surface area contributed by atoms with Gasteiger partial charge in [-0.3, -0.25) is 9.59 Å². The summed E-state index contributed by atoms with van der Waals surface area (Å²) >= 11 is 0. The molecule has 0 radical (unpaired) electrons. The summed E-state index contributed by atoms with van der Waals surface area (Å²) in [5.41, 5.74) is 3.13. The van der Waals surface area contributed by atoms with Crippen LogP contribution in [0.15, 0.2) is 48.5 Å². The monoisotopic (exact) mass is 408 g/mol. The van der Waals surface area contributed by atoms with E-state index >= 15 is 0 Å². The topological polar surface area (TPSA) is 58.6 Å². The van der Waals surface area contributed by atoms with Crippen molar-refractivity contribution in [1.82, 2.24) is 10.2 Å². The Balaban J connectivity index is 1.64. The normalized spacial score (nSPS) is 19.3. The van der Waals surface area contributed by atoms with Crippen LogP contribution in [0.5, 0.6) is 5.75 Å². The number of aryl methyl sites for hydroxylation is 1. The molecule has 2 amide bonds. The van der Waals surface area contributed by atoms with Gasteiger partial charge in [0.15, 0.2) is 0 Å². The molecule has 2 atom stereocenters. The van der Waals surface area contributed by atoms with Gasteiger partial charge in [0.2, 0.25) is 11.8 Å². The third-order valence-corrected chi connectivity index (χ3v) is 6.29. The summed E-state index contributed by atoms with van der Waals surface area (Å²) < 4.78 is 5.21. The highest BCUT2D eigenvalue weighted by atomic mass is 16.5. The van der Waals surface area contributed by atoms with Gasteiger partial charge in [-0.1, -0.05) is 42.0 Å². The van der Waals surface area contributed by atoms with E-state index in [9.17, 15) is 9.59 Å². The van der Waals surface area contributed by atoms with Crippen molar-refractivity contribution in [3.63, 3.8) is 0 Å². The third-order valence-electron chi connectivity index (χ3n) is 6.29. The lowest BCUT2D eigenvalue weighted by molar-refractivity contribution is -0.132. The number of carbonyl (C=O) groups excluding carboxylic acids is 2. The molecule has 1 fully saturated rings. The van der Waals surface area contributed by atoms with E-state index in [-0.39, 0.29) is 23.4 Å². The van der Waals surface area contributed by atoms with Crippen LogP contribution in [0.4, 0.5) is 0 Å². The van der Waals surface area contributed by atoms with E-state index in [4.69, 9.17) is 4.74 Å². The van der Waals surface area contributed by atoms with E-state index in [0.29, 0.717) is 19.3 Å². The Morgan fingerprint density at radius 2 is 1.83 bits per heavy atom. The molecule has 1 aliphatic heterocycles. The van der Waals surface area contributed by atoms with E-state index in [0.717, 1.165) is 24.2 Å². The molecule has 0 unspecified atom stereocenters. The minimum atomic E-state index is -0.341. The summed E-state index contributed by atoms with van der Waals surface area (Å²) in [5.74, 6) is 0.965. The molecule has 0 saturated carbocycles. The maximum Gasteiger partial charge on any atom is 0.222 e. The van der Waals surface area contributed by atoms with Gasteiger partial charge in [-0.25, -0.2) is 0 Å². The van der Waals surface area contributed by atoms with E-state index in [2.05, 4.69) is 36.5 Å². The highest BCUT2D eigenvalue weighted by Gasteiger charge is 2.38. The molecule has 2 aromatic carbocycles. The molecule has 2 aromatic rings. The standard InChI is InChI=1S/C25H32N2O3/c1-18-5-7-20(8-6-18)17-25(15-13-23(28)26-25)16-14-24(29)27(3)19(2)21-9-11-22(30-4)12-10-21/h5-12,19H,13-17H2,1-4H3,(H,26,28)/t19-,25-/m1/s1. The van der Waals surface area contributed by atoms with Crippen molar-refractivity contribution < 1.29 is 14.3 Å². The molecule has 0 bridgehead atoms. The minimum Gasteiger partial charge on any atom is -0.497 e. The van der Waals surface area contributed by atoms with Crippen LogP contribution in [0, 0.1) is 6.92 Å². The Labute approximate surface area is 179 Å². The maximum absolute atomic E-state index is 12.9. The van der Waals surface area contributed by atoms with Gasteiger partial charge in [0.05, 0.1) is 13.2 Å². The molecule has 1 heterocycles. The third kappa shape index (κ3) is 5.21. The van der Waals surface area contributed by atoms with Crippen molar-refractivity contribution >= 4 is 11.8 Å². The highest BCUT2D eigenvalue weighted by Crippen LogP contribution is 2.31. The number of methoxy groups -OCH3 is 1. The number of rotatable bonds is 8. The van der Waals surface area contributed by atoms with Crippen LogP contribution >= 0.6 is 0 Å². The van der Waals surface area contributed by atoms with Gasteiger partial charge >= 0.3 is 0 Å². The van der Waals surface area contributed by atoms with Crippen molar-refractivity contribution in [3.05, 3.63) is 65.2 Å². The number of hydrogen-bond donors (Lipinski definition) is 1. The van der Waals surface area contributed by atoms with Crippen LogP contribution in [0.2, 0.25) is 0 Å². The zero-order valence-electron chi connectivity index (χ0n) is 18.4. The second kappa shape index (κ2) is 9.33. The van der Waals surface area contributed by atoms with Crippen LogP contribution < -0.4 is 10.1 Å². The number of nitrogens with one attached hydrogen (secondary N) is 1. The van der Waals surface area contributed by atoms with Crippen molar-refractivity contribution in [1.29, 1.82) is 0 Å². The Morgan fingerprint density at radius 3 is 2.40 bits per heavy atom. The zero-order chi connectivity index (χ0) is 21.7. The van der Waals surface area contributed by atoms with E-state index in [1.165, 1.54) is 11.1 Å². The van der Waals surface area contributed by atoms with Crippen LogP contribution in [-0.4, -0.2) is 36.4 Å². The largest absolute Gasteiger partial charge is 0.497 e. The number of carbonyl (C=O) groups is 2. The van der Waals surface area contributed by atoms with Gasteiger partial charge < -0.3 is 15.0 Å². The first-order chi connectivity index (χ1) is 14.3. The van der Waals surface area contributed by atoms with Crippen molar-refractivity contribution in [2.24, 2.45) is 0 Å². The molecule has 5 nitrogen and oxygen atoms in total. The quantitative estimate of drug-likeness (QED) is 0.712.